The number of halogens is 3. The average Bonchev–Trinajstić information content (AvgIpc) is 2.71. The van der Waals surface area contributed by atoms with Crippen molar-refractivity contribution in [2.75, 3.05) is 7.05 Å². The van der Waals surface area contributed by atoms with E-state index in [2.05, 4.69) is 32.7 Å². The van der Waals surface area contributed by atoms with E-state index in [1.54, 1.807) is 11.3 Å². The SMILES string of the molecule is CNC(c1ccc(Cl)c(Cl)c1)c1cc(Br)cs1. The summed E-state index contributed by atoms with van der Waals surface area (Å²) >= 11 is 17.1. The fourth-order valence-corrected chi connectivity index (χ4v) is 3.53. The quantitative estimate of drug-likeness (QED) is 0.809. The van der Waals surface area contributed by atoms with Crippen LogP contribution in [0.1, 0.15) is 16.5 Å². The van der Waals surface area contributed by atoms with Crippen LogP contribution in [0.4, 0.5) is 0 Å². The first-order chi connectivity index (χ1) is 8.11. The highest BCUT2D eigenvalue weighted by Gasteiger charge is 2.15. The third-order valence-electron chi connectivity index (χ3n) is 2.44. The molecule has 1 heterocycles. The van der Waals surface area contributed by atoms with Crippen LogP contribution in [0.3, 0.4) is 0 Å². The van der Waals surface area contributed by atoms with Crippen LogP contribution in [0, 0.1) is 0 Å². The summed E-state index contributed by atoms with van der Waals surface area (Å²) in [6.07, 6.45) is 0. The van der Waals surface area contributed by atoms with Crippen LogP contribution >= 0.6 is 50.5 Å². The fraction of sp³-hybridized carbons (Fsp3) is 0.167. The predicted molar refractivity (Wildman–Crippen MR) is 79.4 cm³/mol. The van der Waals surface area contributed by atoms with Gasteiger partial charge in [0.25, 0.3) is 0 Å². The van der Waals surface area contributed by atoms with Gasteiger partial charge < -0.3 is 5.32 Å². The summed E-state index contributed by atoms with van der Waals surface area (Å²) in [6.45, 7) is 0. The molecule has 5 heteroatoms. The van der Waals surface area contributed by atoms with E-state index in [1.807, 2.05) is 25.2 Å². The summed E-state index contributed by atoms with van der Waals surface area (Å²) in [5.41, 5.74) is 1.11. The van der Waals surface area contributed by atoms with Crippen molar-refractivity contribution in [3.05, 3.63) is 54.6 Å². The van der Waals surface area contributed by atoms with Crippen LogP contribution in [0.5, 0.6) is 0 Å². The van der Waals surface area contributed by atoms with Crippen LogP contribution in [0.15, 0.2) is 34.1 Å². The Morgan fingerprint density at radius 1 is 1.24 bits per heavy atom. The van der Waals surface area contributed by atoms with Crippen molar-refractivity contribution in [2.45, 2.75) is 6.04 Å². The van der Waals surface area contributed by atoms with Gasteiger partial charge in [-0.25, -0.2) is 0 Å². The molecule has 0 saturated carbocycles. The lowest BCUT2D eigenvalue weighted by Gasteiger charge is -2.15. The van der Waals surface area contributed by atoms with Gasteiger partial charge in [-0.15, -0.1) is 11.3 Å². The number of benzene rings is 1. The molecule has 0 saturated heterocycles. The Kier molecular flexibility index (Phi) is 4.50. The van der Waals surface area contributed by atoms with Crippen LogP contribution in [0.25, 0.3) is 0 Å². The van der Waals surface area contributed by atoms with Gasteiger partial charge >= 0.3 is 0 Å². The molecule has 1 nitrogen and oxygen atoms in total. The van der Waals surface area contributed by atoms with Gasteiger partial charge in [-0.2, -0.15) is 0 Å². The third kappa shape index (κ3) is 3.04. The molecule has 0 spiro atoms. The maximum atomic E-state index is 6.04. The molecule has 2 rings (SSSR count). The lowest BCUT2D eigenvalue weighted by molar-refractivity contribution is 0.704. The van der Waals surface area contributed by atoms with Crippen molar-refractivity contribution in [1.29, 1.82) is 0 Å². The number of nitrogens with one attached hydrogen (secondary N) is 1. The fourth-order valence-electron chi connectivity index (χ4n) is 1.64. The van der Waals surface area contributed by atoms with Gasteiger partial charge in [-0.05, 0) is 46.7 Å². The smallest absolute Gasteiger partial charge is 0.0669 e. The van der Waals surface area contributed by atoms with Crippen molar-refractivity contribution in [2.24, 2.45) is 0 Å². The first-order valence-electron chi connectivity index (χ1n) is 4.98. The first kappa shape index (κ1) is 13.4. The Morgan fingerprint density at radius 3 is 2.53 bits per heavy atom. The van der Waals surface area contributed by atoms with Crippen molar-refractivity contribution < 1.29 is 0 Å². The van der Waals surface area contributed by atoms with E-state index in [9.17, 15) is 0 Å². The van der Waals surface area contributed by atoms with Gasteiger partial charge in [0.05, 0.1) is 16.1 Å². The summed E-state index contributed by atoms with van der Waals surface area (Å²) in [6, 6.07) is 7.96. The van der Waals surface area contributed by atoms with Crippen LogP contribution in [-0.4, -0.2) is 7.05 Å². The molecular weight excluding hydrogens is 341 g/mol. The summed E-state index contributed by atoms with van der Waals surface area (Å²) in [5.74, 6) is 0. The van der Waals surface area contributed by atoms with Gasteiger partial charge in [-0.3, -0.25) is 0 Å². The Bertz CT molecular complexity index is 527. The highest BCUT2D eigenvalue weighted by molar-refractivity contribution is 9.10. The highest BCUT2D eigenvalue weighted by Crippen LogP contribution is 2.32. The molecule has 0 aliphatic heterocycles. The van der Waals surface area contributed by atoms with E-state index in [0.717, 1.165) is 10.0 Å². The molecule has 0 aliphatic carbocycles. The van der Waals surface area contributed by atoms with Gasteiger partial charge in [0.1, 0.15) is 0 Å². The summed E-state index contributed by atoms with van der Waals surface area (Å²) in [7, 11) is 1.93. The molecule has 1 N–H and O–H groups in total. The zero-order chi connectivity index (χ0) is 12.4. The third-order valence-corrected chi connectivity index (χ3v) is 4.94. The molecule has 0 fully saturated rings. The van der Waals surface area contributed by atoms with Gasteiger partial charge in [0, 0.05) is 14.7 Å². The van der Waals surface area contributed by atoms with Crippen molar-refractivity contribution in [3.63, 3.8) is 0 Å². The average molecular weight is 351 g/mol. The summed E-state index contributed by atoms with van der Waals surface area (Å²) in [4.78, 5) is 1.23. The van der Waals surface area contributed by atoms with E-state index in [1.165, 1.54) is 4.88 Å². The molecule has 1 atom stereocenters. The normalized spacial score (nSPS) is 12.7. The number of hydrogen-bond acceptors (Lipinski definition) is 2. The molecule has 90 valence electrons. The maximum Gasteiger partial charge on any atom is 0.0669 e. The second kappa shape index (κ2) is 5.72. The van der Waals surface area contributed by atoms with Crippen molar-refractivity contribution in [3.8, 4) is 0 Å². The van der Waals surface area contributed by atoms with Gasteiger partial charge in [0.15, 0.2) is 0 Å². The molecule has 0 aliphatic rings. The van der Waals surface area contributed by atoms with Crippen molar-refractivity contribution in [1.82, 2.24) is 5.32 Å². The van der Waals surface area contributed by atoms with E-state index >= 15 is 0 Å². The van der Waals surface area contributed by atoms with E-state index in [4.69, 9.17) is 23.2 Å². The first-order valence-corrected chi connectivity index (χ1v) is 7.41. The van der Waals surface area contributed by atoms with Crippen LogP contribution in [0.2, 0.25) is 10.0 Å². The zero-order valence-electron chi connectivity index (χ0n) is 9.01. The van der Waals surface area contributed by atoms with E-state index in [-0.39, 0.29) is 6.04 Å². The second-order valence-electron chi connectivity index (χ2n) is 3.56. The van der Waals surface area contributed by atoms with Crippen LogP contribution < -0.4 is 5.32 Å². The maximum absolute atomic E-state index is 6.04. The van der Waals surface area contributed by atoms with E-state index < -0.39 is 0 Å². The molecule has 0 radical (unpaired) electrons. The molecule has 0 amide bonds. The molecule has 0 bridgehead atoms. The second-order valence-corrected chi connectivity index (χ2v) is 6.24. The van der Waals surface area contributed by atoms with Gasteiger partial charge in [0.2, 0.25) is 0 Å². The monoisotopic (exact) mass is 349 g/mol. The van der Waals surface area contributed by atoms with E-state index in [0.29, 0.717) is 10.0 Å². The minimum absolute atomic E-state index is 0.140. The molecule has 1 unspecified atom stereocenters. The number of thiophene rings is 1. The minimum atomic E-state index is 0.140. The topological polar surface area (TPSA) is 12.0 Å². The minimum Gasteiger partial charge on any atom is -0.309 e. The molecule has 1 aromatic carbocycles. The molecular formula is C12H10BrCl2NS. The Hall–Kier alpha value is -0.0600. The van der Waals surface area contributed by atoms with Gasteiger partial charge in [-0.1, -0.05) is 29.3 Å². The zero-order valence-corrected chi connectivity index (χ0v) is 12.9. The highest BCUT2D eigenvalue weighted by atomic mass is 79.9. The van der Waals surface area contributed by atoms with Crippen LogP contribution in [-0.2, 0) is 0 Å². The summed E-state index contributed by atoms with van der Waals surface area (Å²) < 4.78 is 1.10. The Balaban J connectivity index is 2.38. The lowest BCUT2D eigenvalue weighted by Crippen LogP contribution is -2.16. The lowest BCUT2D eigenvalue weighted by atomic mass is 10.1. The molecule has 17 heavy (non-hydrogen) atoms. The number of rotatable bonds is 3. The number of hydrogen-bond donors (Lipinski definition) is 1. The molecule has 2 aromatic rings. The summed E-state index contributed by atoms with van der Waals surface area (Å²) in [5, 5.41) is 6.51. The molecule has 1 aromatic heterocycles. The Labute approximate surface area is 123 Å². The largest absolute Gasteiger partial charge is 0.309 e. The van der Waals surface area contributed by atoms with Crippen molar-refractivity contribution >= 4 is 50.5 Å². The Morgan fingerprint density at radius 2 is 2.00 bits per heavy atom. The standard InChI is InChI=1S/C12H10BrCl2NS/c1-16-12(11-5-8(13)6-17-11)7-2-3-9(14)10(15)4-7/h2-6,12,16H,1H3. The predicted octanol–water partition coefficient (Wildman–Crippen LogP) is 5.13.